The summed E-state index contributed by atoms with van der Waals surface area (Å²) in [7, 11) is 0. The number of hydrogen-bond acceptors (Lipinski definition) is 5. The molecule has 0 N–H and O–H groups in total. The molecular formula is C37H34ClN3O3S. The summed E-state index contributed by atoms with van der Waals surface area (Å²) in [6, 6.07) is 26.8. The van der Waals surface area contributed by atoms with Crippen LogP contribution in [0.4, 0.5) is 0 Å². The number of carbonyl (C=O) groups excluding carboxylic acids is 1. The molecule has 0 fully saturated rings. The first-order chi connectivity index (χ1) is 21.7. The summed E-state index contributed by atoms with van der Waals surface area (Å²) in [5.74, 6) is -0.147. The molecule has 0 amide bonds. The second kappa shape index (κ2) is 12.5. The Morgan fingerprint density at radius 3 is 2.36 bits per heavy atom. The lowest BCUT2D eigenvalue weighted by atomic mass is 9.91. The van der Waals surface area contributed by atoms with Gasteiger partial charge in [-0.1, -0.05) is 91.4 Å². The van der Waals surface area contributed by atoms with E-state index >= 15 is 0 Å². The Morgan fingerprint density at radius 1 is 1.02 bits per heavy atom. The summed E-state index contributed by atoms with van der Waals surface area (Å²) in [6.45, 7) is 10.3. The number of carbonyl (C=O) groups is 1. The molecule has 0 radical (unpaired) electrons. The SMILES string of the molecule is CCOC(=O)C1=C(c2ccccc2)N=c2s/c(=C\c3cc(C)n(-c4ccc(Cl)cc4)c3C)c(=O)n2[C@@H]1c1ccc(C(C)C)cc1. The highest BCUT2D eigenvalue weighted by Crippen LogP contribution is 2.35. The minimum Gasteiger partial charge on any atom is -0.463 e. The van der Waals surface area contributed by atoms with Gasteiger partial charge in [0.05, 0.1) is 28.5 Å². The number of fused-ring (bicyclic) bond motifs is 1. The number of benzene rings is 3. The van der Waals surface area contributed by atoms with Gasteiger partial charge in [0.25, 0.3) is 5.56 Å². The van der Waals surface area contributed by atoms with Crippen LogP contribution in [-0.4, -0.2) is 21.7 Å². The third kappa shape index (κ3) is 5.74. The molecule has 1 aliphatic rings. The first kappa shape index (κ1) is 30.6. The number of aromatic nitrogens is 2. The quantitative estimate of drug-likeness (QED) is 0.179. The zero-order valence-electron chi connectivity index (χ0n) is 25.9. The van der Waals surface area contributed by atoms with Crippen molar-refractivity contribution in [3.8, 4) is 5.69 Å². The van der Waals surface area contributed by atoms with E-state index in [1.165, 1.54) is 16.9 Å². The van der Waals surface area contributed by atoms with E-state index < -0.39 is 12.0 Å². The van der Waals surface area contributed by atoms with Crippen LogP contribution in [0.2, 0.25) is 5.02 Å². The molecule has 2 aromatic heterocycles. The molecular weight excluding hydrogens is 602 g/mol. The highest BCUT2D eigenvalue weighted by molar-refractivity contribution is 7.07. The number of halogens is 1. The van der Waals surface area contributed by atoms with Gasteiger partial charge in [0.1, 0.15) is 0 Å². The molecule has 3 aromatic carbocycles. The molecule has 6 rings (SSSR count). The van der Waals surface area contributed by atoms with Crippen LogP contribution < -0.4 is 14.9 Å². The number of esters is 1. The smallest absolute Gasteiger partial charge is 0.338 e. The maximum atomic E-state index is 14.3. The molecule has 45 heavy (non-hydrogen) atoms. The van der Waals surface area contributed by atoms with Gasteiger partial charge in [0.2, 0.25) is 0 Å². The number of ether oxygens (including phenoxy) is 1. The normalized spacial score (nSPS) is 14.9. The van der Waals surface area contributed by atoms with Crippen molar-refractivity contribution < 1.29 is 9.53 Å². The summed E-state index contributed by atoms with van der Waals surface area (Å²) < 4.78 is 9.93. The summed E-state index contributed by atoms with van der Waals surface area (Å²) >= 11 is 7.47. The van der Waals surface area contributed by atoms with Gasteiger partial charge in [0.15, 0.2) is 4.80 Å². The zero-order chi connectivity index (χ0) is 31.8. The van der Waals surface area contributed by atoms with E-state index in [0.29, 0.717) is 31.5 Å². The van der Waals surface area contributed by atoms with Crippen molar-refractivity contribution in [3.05, 3.63) is 149 Å². The molecule has 3 heterocycles. The number of thiazole rings is 1. The van der Waals surface area contributed by atoms with E-state index in [1.807, 2.05) is 86.7 Å². The summed E-state index contributed by atoms with van der Waals surface area (Å²) in [5, 5.41) is 0.674. The lowest BCUT2D eigenvalue weighted by Crippen LogP contribution is -2.40. The topological polar surface area (TPSA) is 65.6 Å². The zero-order valence-corrected chi connectivity index (χ0v) is 27.4. The summed E-state index contributed by atoms with van der Waals surface area (Å²) in [4.78, 5) is 33.6. The fourth-order valence-electron chi connectivity index (χ4n) is 5.88. The van der Waals surface area contributed by atoms with Gasteiger partial charge in [-0.3, -0.25) is 9.36 Å². The summed E-state index contributed by atoms with van der Waals surface area (Å²) in [5.41, 5.74) is 7.39. The van der Waals surface area contributed by atoms with E-state index in [2.05, 4.69) is 36.6 Å². The van der Waals surface area contributed by atoms with Crippen molar-refractivity contribution in [3.63, 3.8) is 0 Å². The van der Waals surface area contributed by atoms with Crippen LogP contribution in [0.25, 0.3) is 17.5 Å². The minimum absolute atomic E-state index is 0.205. The van der Waals surface area contributed by atoms with E-state index in [0.717, 1.165) is 33.8 Å². The highest BCUT2D eigenvalue weighted by atomic mass is 35.5. The monoisotopic (exact) mass is 635 g/mol. The lowest BCUT2D eigenvalue weighted by molar-refractivity contribution is -0.138. The van der Waals surface area contributed by atoms with Gasteiger partial charge in [-0.05, 0) is 79.8 Å². The second-order valence-electron chi connectivity index (χ2n) is 11.4. The Hall–Kier alpha value is -4.46. The average Bonchev–Trinajstić information content (AvgIpc) is 3.50. The molecule has 1 atom stereocenters. The third-order valence-electron chi connectivity index (χ3n) is 8.13. The molecule has 0 spiro atoms. The van der Waals surface area contributed by atoms with Gasteiger partial charge >= 0.3 is 5.97 Å². The number of rotatable bonds is 7. The Morgan fingerprint density at radius 2 is 1.71 bits per heavy atom. The molecule has 8 heteroatoms. The molecule has 0 saturated heterocycles. The van der Waals surface area contributed by atoms with Crippen LogP contribution in [0, 0.1) is 13.8 Å². The number of aryl methyl sites for hydroxylation is 1. The van der Waals surface area contributed by atoms with E-state index in [1.54, 1.807) is 11.5 Å². The van der Waals surface area contributed by atoms with Crippen molar-refractivity contribution in [2.75, 3.05) is 6.61 Å². The Labute approximate surface area is 271 Å². The molecule has 1 aliphatic heterocycles. The largest absolute Gasteiger partial charge is 0.463 e. The van der Waals surface area contributed by atoms with Gasteiger partial charge in [0, 0.05) is 27.7 Å². The van der Waals surface area contributed by atoms with Crippen molar-refractivity contribution >= 4 is 40.7 Å². The molecule has 0 aliphatic carbocycles. The maximum Gasteiger partial charge on any atom is 0.338 e. The van der Waals surface area contributed by atoms with Crippen LogP contribution in [-0.2, 0) is 9.53 Å². The van der Waals surface area contributed by atoms with E-state index in [-0.39, 0.29) is 12.2 Å². The highest BCUT2D eigenvalue weighted by Gasteiger charge is 2.35. The van der Waals surface area contributed by atoms with Crippen LogP contribution >= 0.6 is 22.9 Å². The Balaban J connectivity index is 1.59. The standard InChI is InChI=1S/C37H34ClN3O3S/c1-6-44-36(43)32-33(26-10-8-7-9-11-26)39-37-41(34(32)27-14-12-25(13-15-27)22(2)3)35(42)31(45-37)21-28-20-23(4)40(24(28)5)30-18-16-29(38)17-19-30/h7-22,34H,6H2,1-5H3/b31-21-/t34-/m1/s1. The fraction of sp³-hybridized carbons (Fsp3) is 0.216. The third-order valence-corrected chi connectivity index (χ3v) is 9.37. The van der Waals surface area contributed by atoms with Crippen molar-refractivity contribution in [2.45, 2.75) is 46.6 Å². The first-order valence-electron chi connectivity index (χ1n) is 15.0. The Kier molecular flexibility index (Phi) is 8.49. The average molecular weight is 636 g/mol. The van der Waals surface area contributed by atoms with Crippen molar-refractivity contribution in [1.82, 2.24) is 9.13 Å². The fourth-order valence-corrected chi connectivity index (χ4v) is 7.00. The first-order valence-corrected chi connectivity index (χ1v) is 16.2. The Bertz CT molecular complexity index is 2100. The maximum absolute atomic E-state index is 14.3. The summed E-state index contributed by atoms with van der Waals surface area (Å²) in [6.07, 6.45) is 1.92. The van der Waals surface area contributed by atoms with E-state index in [4.69, 9.17) is 21.3 Å². The molecule has 0 saturated carbocycles. The molecule has 0 unspecified atom stereocenters. The van der Waals surface area contributed by atoms with Crippen LogP contribution in [0.1, 0.15) is 66.4 Å². The molecule has 228 valence electrons. The van der Waals surface area contributed by atoms with Crippen LogP contribution in [0.15, 0.2) is 100 Å². The lowest BCUT2D eigenvalue weighted by Gasteiger charge is -2.26. The van der Waals surface area contributed by atoms with Crippen LogP contribution in [0.5, 0.6) is 0 Å². The van der Waals surface area contributed by atoms with Crippen LogP contribution in [0.3, 0.4) is 0 Å². The van der Waals surface area contributed by atoms with Gasteiger partial charge < -0.3 is 9.30 Å². The van der Waals surface area contributed by atoms with Gasteiger partial charge in [-0.15, -0.1) is 0 Å². The molecule has 6 nitrogen and oxygen atoms in total. The predicted molar refractivity (Wildman–Crippen MR) is 182 cm³/mol. The van der Waals surface area contributed by atoms with Gasteiger partial charge in [-0.2, -0.15) is 0 Å². The van der Waals surface area contributed by atoms with Crippen molar-refractivity contribution in [1.29, 1.82) is 0 Å². The predicted octanol–water partition coefficient (Wildman–Crippen LogP) is 7.12. The van der Waals surface area contributed by atoms with Gasteiger partial charge in [-0.25, -0.2) is 9.79 Å². The molecule has 0 bridgehead atoms. The minimum atomic E-state index is -0.708. The van der Waals surface area contributed by atoms with E-state index in [9.17, 15) is 9.59 Å². The van der Waals surface area contributed by atoms with Crippen molar-refractivity contribution in [2.24, 2.45) is 4.99 Å². The molecule has 5 aromatic rings. The second-order valence-corrected chi connectivity index (χ2v) is 12.8. The number of nitrogens with zero attached hydrogens (tertiary/aromatic N) is 3. The number of hydrogen-bond donors (Lipinski definition) is 0.